The highest BCUT2D eigenvalue weighted by Gasteiger charge is 1.99. The van der Waals surface area contributed by atoms with Crippen LogP contribution in [0.15, 0.2) is 48.5 Å². The molecule has 0 heterocycles. The zero-order valence-electron chi connectivity index (χ0n) is 18.4. The molecule has 146 valence electrons. The predicted octanol–water partition coefficient (Wildman–Crippen LogP) is 7.47. The summed E-state index contributed by atoms with van der Waals surface area (Å²) in [5, 5.41) is 0. The average molecular weight is 359 g/mol. The summed E-state index contributed by atoms with van der Waals surface area (Å²) < 4.78 is 0. The zero-order chi connectivity index (χ0) is 21.1. The van der Waals surface area contributed by atoms with Crippen LogP contribution in [0.5, 0.6) is 0 Å². The molecular formula is C24H38O2. The highest BCUT2D eigenvalue weighted by atomic mass is 16.1. The van der Waals surface area contributed by atoms with Gasteiger partial charge in [-0.2, -0.15) is 0 Å². The Hall–Kier alpha value is -2.22. The summed E-state index contributed by atoms with van der Waals surface area (Å²) in [4.78, 5) is 21.6. The Balaban J connectivity index is -0.000000316. The van der Waals surface area contributed by atoms with Crippen LogP contribution in [-0.4, -0.2) is 11.6 Å². The van der Waals surface area contributed by atoms with Crippen LogP contribution >= 0.6 is 0 Å². The second-order valence-corrected chi connectivity index (χ2v) is 4.79. The Kier molecular flexibility index (Phi) is 21.0. The lowest BCUT2D eigenvalue weighted by Crippen LogP contribution is -1.93. The number of rotatable bonds is 2. The molecule has 0 aliphatic carbocycles. The molecule has 0 unspecified atom stereocenters. The van der Waals surface area contributed by atoms with Crippen molar-refractivity contribution >= 4 is 11.6 Å². The quantitative estimate of drug-likeness (QED) is 0.522. The van der Waals surface area contributed by atoms with Crippen LogP contribution in [0.25, 0.3) is 0 Å². The van der Waals surface area contributed by atoms with E-state index in [0.29, 0.717) is 0 Å². The molecule has 0 aliphatic rings. The third-order valence-corrected chi connectivity index (χ3v) is 2.98. The fourth-order valence-electron chi connectivity index (χ4n) is 1.76. The lowest BCUT2D eigenvalue weighted by molar-refractivity contribution is 0.100. The molecule has 26 heavy (non-hydrogen) atoms. The van der Waals surface area contributed by atoms with E-state index in [1.807, 2.05) is 104 Å². The Morgan fingerprint density at radius 2 is 1.04 bits per heavy atom. The van der Waals surface area contributed by atoms with Gasteiger partial charge in [0, 0.05) is 11.1 Å². The first-order chi connectivity index (χ1) is 12.4. The van der Waals surface area contributed by atoms with Crippen molar-refractivity contribution in [2.75, 3.05) is 0 Å². The number of ketones is 2. The highest BCUT2D eigenvalue weighted by Crippen LogP contribution is 2.06. The van der Waals surface area contributed by atoms with Crippen molar-refractivity contribution in [1.82, 2.24) is 0 Å². The van der Waals surface area contributed by atoms with E-state index >= 15 is 0 Å². The summed E-state index contributed by atoms with van der Waals surface area (Å²) >= 11 is 0. The summed E-state index contributed by atoms with van der Waals surface area (Å²) in [6.45, 7) is 19.1. The number of hydrogen-bond donors (Lipinski definition) is 0. The van der Waals surface area contributed by atoms with E-state index in [1.54, 1.807) is 13.8 Å². The fraction of sp³-hybridized carbons (Fsp3) is 0.417. The lowest BCUT2D eigenvalue weighted by atomic mass is 10.1. The number of carbonyl (C=O) groups excluding carboxylic acids is 2. The predicted molar refractivity (Wildman–Crippen MR) is 116 cm³/mol. The first kappa shape index (κ1) is 28.6. The van der Waals surface area contributed by atoms with Gasteiger partial charge >= 0.3 is 0 Å². The SMILES string of the molecule is CC.CC.CC.CC(=O)c1ccc(C)cc1.CC(=O)c1ccccc1C. The molecule has 0 fully saturated rings. The zero-order valence-corrected chi connectivity index (χ0v) is 18.4. The van der Waals surface area contributed by atoms with E-state index in [4.69, 9.17) is 0 Å². The summed E-state index contributed by atoms with van der Waals surface area (Å²) in [5.41, 5.74) is 3.84. The molecule has 0 amide bonds. The fourth-order valence-corrected chi connectivity index (χ4v) is 1.76. The van der Waals surface area contributed by atoms with Gasteiger partial charge in [0.25, 0.3) is 0 Å². The molecule has 0 saturated heterocycles. The summed E-state index contributed by atoms with van der Waals surface area (Å²) in [5.74, 6) is 0.262. The standard InChI is InChI=1S/2C9H10O.3C2H6/c1-7-3-5-9(6-4-7)8(2)10;1-7-5-3-4-6-9(7)8(2)10;3*1-2/h2*3-6H,1-2H3;3*1-2H3. The number of aryl methyl sites for hydroxylation is 2. The van der Waals surface area contributed by atoms with Crippen molar-refractivity contribution in [3.8, 4) is 0 Å². The van der Waals surface area contributed by atoms with E-state index in [0.717, 1.165) is 16.7 Å². The van der Waals surface area contributed by atoms with Crippen molar-refractivity contribution < 1.29 is 9.59 Å². The van der Waals surface area contributed by atoms with Crippen LogP contribution in [0.3, 0.4) is 0 Å². The molecule has 2 nitrogen and oxygen atoms in total. The normalized spacial score (nSPS) is 7.92. The van der Waals surface area contributed by atoms with Crippen molar-refractivity contribution in [3.63, 3.8) is 0 Å². The van der Waals surface area contributed by atoms with Gasteiger partial charge in [0.15, 0.2) is 11.6 Å². The van der Waals surface area contributed by atoms with Gasteiger partial charge in [-0.25, -0.2) is 0 Å². The van der Waals surface area contributed by atoms with Crippen LogP contribution in [0.1, 0.15) is 87.2 Å². The summed E-state index contributed by atoms with van der Waals surface area (Å²) in [6, 6.07) is 15.2. The van der Waals surface area contributed by atoms with Crippen LogP contribution in [-0.2, 0) is 0 Å². The van der Waals surface area contributed by atoms with E-state index in [9.17, 15) is 9.59 Å². The van der Waals surface area contributed by atoms with Crippen LogP contribution in [0, 0.1) is 13.8 Å². The number of Topliss-reactive ketones (excluding diaryl/α,β-unsaturated/α-hetero) is 2. The van der Waals surface area contributed by atoms with Gasteiger partial charge in [-0.15, -0.1) is 0 Å². The molecule has 2 aromatic carbocycles. The topological polar surface area (TPSA) is 34.1 Å². The monoisotopic (exact) mass is 358 g/mol. The first-order valence-electron chi connectivity index (χ1n) is 9.56. The van der Waals surface area contributed by atoms with Gasteiger partial charge < -0.3 is 0 Å². The van der Waals surface area contributed by atoms with Gasteiger partial charge in [-0.1, -0.05) is 95.6 Å². The van der Waals surface area contributed by atoms with Gasteiger partial charge in [0.05, 0.1) is 0 Å². The molecular weight excluding hydrogens is 320 g/mol. The molecule has 0 radical (unpaired) electrons. The number of hydrogen-bond acceptors (Lipinski definition) is 2. The molecule has 0 saturated carbocycles. The molecule has 2 rings (SSSR count). The van der Waals surface area contributed by atoms with Crippen molar-refractivity contribution in [1.29, 1.82) is 0 Å². The van der Waals surface area contributed by atoms with Gasteiger partial charge in [0.2, 0.25) is 0 Å². The maximum Gasteiger partial charge on any atom is 0.160 e. The van der Waals surface area contributed by atoms with Crippen molar-refractivity contribution in [2.24, 2.45) is 0 Å². The van der Waals surface area contributed by atoms with E-state index in [1.165, 1.54) is 5.56 Å². The van der Waals surface area contributed by atoms with Crippen LogP contribution in [0.2, 0.25) is 0 Å². The molecule has 0 aliphatic heterocycles. The third kappa shape index (κ3) is 13.1. The van der Waals surface area contributed by atoms with Crippen LogP contribution < -0.4 is 0 Å². The largest absolute Gasteiger partial charge is 0.295 e. The van der Waals surface area contributed by atoms with E-state index in [-0.39, 0.29) is 11.6 Å². The Bertz CT molecular complexity index is 596. The minimum absolute atomic E-state index is 0.125. The van der Waals surface area contributed by atoms with Gasteiger partial charge in [-0.05, 0) is 33.3 Å². The summed E-state index contributed by atoms with van der Waals surface area (Å²) in [7, 11) is 0. The van der Waals surface area contributed by atoms with Gasteiger partial charge in [0.1, 0.15) is 0 Å². The minimum Gasteiger partial charge on any atom is -0.295 e. The molecule has 0 N–H and O–H groups in total. The molecule has 2 heteroatoms. The number of carbonyl (C=O) groups is 2. The Labute approximate surface area is 161 Å². The van der Waals surface area contributed by atoms with E-state index in [2.05, 4.69) is 0 Å². The Morgan fingerprint density at radius 3 is 1.35 bits per heavy atom. The molecule has 2 aromatic rings. The third-order valence-electron chi connectivity index (χ3n) is 2.98. The van der Waals surface area contributed by atoms with Gasteiger partial charge in [-0.3, -0.25) is 9.59 Å². The molecule has 0 spiro atoms. The minimum atomic E-state index is 0.125. The smallest absolute Gasteiger partial charge is 0.160 e. The van der Waals surface area contributed by atoms with Crippen molar-refractivity contribution in [2.45, 2.75) is 69.2 Å². The maximum absolute atomic E-state index is 10.9. The first-order valence-corrected chi connectivity index (χ1v) is 9.56. The average Bonchev–Trinajstić information content (AvgIpc) is 2.67. The molecule has 0 atom stereocenters. The highest BCUT2D eigenvalue weighted by molar-refractivity contribution is 5.95. The summed E-state index contributed by atoms with van der Waals surface area (Å²) in [6.07, 6.45) is 0. The number of benzene rings is 2. The molecule has 0 bridgehead atoms. The Morgan fingerprint density at radius 1 is 0.615 bits per heavy atom. The van der Waals surface area contributed by atoms with E-state index < -0.39 is 0 Å². The lowest BCUT2D eigenvalue weighted by Gasteiger charge is -1.97. The molecule has 0 aromatic heterocycles. The second-order valence-electron chi connectivity index (χ2n) is 4.79. The van der Waals surface area contributed by atoms with Crippen LogP contribution in [0.4, 0.5) is 0 Å². The van der Waals surface area contributed by atoms with Crippen molar-refractivity contribution in [3.05, 3.63) is 70.8 Å². The maximum atomic E-state index is 10.9. The second kappa shape index (κ2) is 19.1.